The van der Waals surface area contributed by atoms with Crippen LogP contribution in [-0.4, -0.2) is 12.4 Å². The van der Waals surface area contributed by atoms with E-state index in [0.29, 0.717) is 5.92 Å². The Morgan fingerprint density at radius 1 is 1.50 bits per heavy atom. The summed E-state index contributed by atoms with van der Waals surface area (Å²) in [5.41, 5.74) is 5.57. The van der Waals surface area contributed by atoms with Gasteiger partial charge in [0.25, 0.3) is 0 Å². The van der Waals surface area contributed by atoms with Crippen LogP contribution in [0.4, 0.5) is 0 Å². The fourth-order valence-electron chi connectivity index (χ4n) is 1.52. The molecule has 2 N–H and O–H groups in total. The average molecular weight is 110 g/mol. The molecule has 8 heavy (non-hydrogen) atoms. The van der Waals surface area contributed by atoms with Gasteiger partial charge in [-0.3, -0.25) is 4.99 Å². The highest BCUT2D eigenvalue weighted by molar-refractivity contribution is 5.85. The molecule has 1 aliphatic heterocycles. The van der Waals surface area contributed by atoms with E-state index < -0.39 is 0 Å². The van der Waals surface area contributed by atoms with Gasteiger partial charge in [-0.25, -0.2) is 0 Å². The Labute approximate surface area is 48.8 Å². The first-order valence-electron chi connectivity index (χ1n) is 3.18. The van der Waals surface area contributed by atoms with E-state index in [9.17, 15) is 0 Å². The molecule has 0 aromatic carbocycles. The van der Waals surface area contributed by atoms with Crippen molar-refractivity contribution in [3.05, 3.63) is 0 Å². The fraction of sp³-hybridized carbons (Fsp3) is 0.833. The molecule has 1 fully saturated rings. The molecule has 2 aliphatic rings. The van der Waals surface area contributed by atoms with Gasteiger partial charge < -0.3 is 5.73 Å². The van der Waals surface area contributed by atoms with E-state index in [1.807, 2.05) is 0 Å². The Kier molecular flexibility index (Phi) is 0.678. The molecular weight excluding hydrogens is 100 g/mol. The predicted molar refractivity (Wildman–Crippen MR) is 32.7 cm³/mol. The number of amidine groups is 1. The van der Waals surface area contributed by atoms with Gasteiger partial charge in [-0.1, -0.05) is 0 Å². The summed E-state index contributed by atoms with van der Waals surface area (Å²) in [4.78, 5) is 4.16. The maximum atomic E-state index is 5.57. The summed E-state index contributed by atoms with van der Waals surface area (Å²) < 4.78 is 0. The highest BCUT2D eigenvalue weighted by Gasteiger charge is 2.37. The second kappa shape index (κ2) is 1.24. The maximum absolute atomic E-state index is 5.57. The lowest BCUT2D eigenvalue weighted by Crippen LogP contribution is -2.32. The third-order valence-electron chi connectivity index (χ3n) is 2.31. The average Bonchev–Trinajstić information content (AvgIpc) is 1.80. The first-order valence-corrected chi connectivity index (χ1v) is 3.18. The van der Waals surface area contributed by atoms with Crippen LogP contribution in [0.15, 0.2) is 4.99 Å². The smallest absolute Gasteiger partial charge is 0.0972 e. The van der Waals surface area contributed by atoms with Gasteiger partial charge in [0.2, 0.25) is 0 Å². The third-order valence-corrected chi connectivity index (χ3v) is 2.31. The van der Waals surface area contributed by atoms with Gasteiger partial charge in [-0.05, 0) is 18.8 Å². The van der Waals surface area contributed by atoms with E-state index in [2.05, 4.69) is 4.99 Å². The summed E-state index contributed by atoms with van der Waals surface area (Å²) in [6.45, 7) is 1.01. The zero-order chi connectivity index (χ0) is 5.56. The monoisotopic (exact) mass is 110 g/mol. The molecule has 0 aromatic rings. The van der Waals surface area contributed by atoms with Crippen molar-refractivity contribution in [3.63, 3.8) is 0 Å². The van der Waals surface area contributed by atoms with Crippen molar-refractivity contribution in [2.45, 2.75) is 12.8 Å². The quantitative estimate of drug-likeness (QED) is 0.481. The number of hydrogen-bond acceptors (Lipinski definition) is 2. The van der Waals surface area contributed by atoms with Crippen molar-refractivity contribution in [3.8, 4) is 0 Å². The molecule has 2 rings (SSSR count). The molecule has 1 saturated carbocycles. The van der Waals surface area contributed by atoms with Gasteiger partial charge in [0.1, 0.15) is 0 Å². The largest absolute Gasteiger partial charge is 0.387 e. The summed E-state index contributed by atoms with van der Waals surface area (Å²) in [7, 11) is 0. The molecule has 2 heteroatoms. The molecule has 1 aliphatic carbocycles. The van der Waals surface area contributed by atoms with Crippen molar-refractivity contribution in [1.82, 2.24) is 0 Å². The summed E-state index contributed by atoms with van der Waals surface area (Å²) in [6, 6.07) is 0. The van der Waals surface area contributed by atoms with Crippen LogP contribution in [0.1, 0.15) is 12.8 Å². The molecule has 0 bridgehead atoms. The van der Waals surface area contributed by atoms with Crippen LogP contribution in [0, 0.1) is 11.8 Å². The Morgan fingerprint density at radius 2 is 2.38 bits per heavy atom. The second-order valence-corrected chi connectivity index (χ2v) is 2.71. The zero-order valence-electron chi connectivity index (χ0n) is 4.80. The topological polar surface area (TPSA) is 38.4 Å². The molecule has 0 amide bonds. The fourth-order valence-corrected chi connectivity index (χ4v) is 1.52. The number of fused-ring (bicyclic) bond motifs is 1. The van der Waals surface area contributed by atoms with Crippen molar-refractivity contribution in [1.29, 1.82) is 0 Å². The Balaban J connectivity index is 2.16. The van der Waals surface area contributed by atoms with Crippen LogP contribution in [0.5, 0.6) is 0 Å². The summed E-state index contributed by atoms with van der Waals surface area (Å²) in [5.74, 6) is 2.45. The first kappa shape index (κ1) is 4.36. The highest BCUT2D eigenvalue weighted by atomic mass is 14.9. The van der Waals surface area contributed by atoms with Crippen LogP contribution in [0.3, 0.4) is 0 Å². The summed E-state index contributed by atoms with van der Waals surface area (Å²) >= 11 is 0. The molecule has 1 heterocycles. The van der Waals surface area contributed by atoms with Crippen molar-refractivity contribution in [2.24, 2.45) is 22.6 Å². The molecule has 2 unspecified atom stereocenters. The Hall–Kier alpha value is -0.530. The van der Waals surface area contributed by atoms with E-state index in [1.165, 1.54) is 12.8 Å². The molecular formula is C6H10N2. The molecule has 0 aromatic heterocycles. The van der Waals surface area contributed by atoms with Crippen molar-refractivity contribution in [2.75, 3.05) is 6.54 Å². The van der Waals surface area contributed by atoms with Gasteiger partial charge >= 0.3 is 0 Å². The summed E-state index contributed by atoms with van der Waals surface area (Å²) in [6.07, 6.45) is 2.65. The van der Waals surface area contributed by atoms with Crippen LogP contribution in [0.2, 0.25) is 0 Å². The van der Waals surface area contributed by atoms with Crippen LogP contribution < -0.4 is 5.73 Å². The molecule has 44 valence electrons. The van der Waals surface area contributed by atoms with Crippen LogP contribution in [-0.2, 0) is 0 Å². The third kappa shape index (κ3) is 0.358. The normalized spacial score (nSPS) is 42.8. The minimum atomic E-state index is 0.690. The van der Waals surface area contributed by atoms with E-state index in [4.69, 9.17) is 5.73 Å². The molecule has 0 radical (unpaired) electrons. The van der Waals surface area contributed by atoms with E-state index in [-0.39, 0.29) is 0 Å². The van der Waals surface area contributed by atoms with Crippen LogP contribution in [0.25, 0.3) is 0 Å². The van der Waals surface area contributed by atoms with Crippen LogP contribution >= 0.6 is 0 Å². The second-order valence-electron chi connectivity index (χ2n) is 2.71. The summed E-state index contributed by atoms with van der Waals surface area (Å²) in [5, 5.41) is 0. The lowest BCUT2D eigenvalue weighted by Gasteiger charge is -2.28. The predicted octanol–water partition coefficient (Wildman–Crippen LogP) is 0.383. The highest BCUT2D eigenvalue weighted by Crippen LogP contribution is 2.37. The van der Waals surface area contributed by atoms with E-state index in [0.717, 1.165) is 18.3 Å². The lowest BCUT2D eigenvalue weighted by atomic mass is 9.75. The number of nitrogens with zero attached hydrogens (tertiary/aromatic N) is 1. The van der Waals surface area contributed by atoms with E-state index in [1.54, 1.807) is 0 Å². The minimum absolute atomic E-state index is 0.690. The number of aliphatic imine (C=N–C) groups is 1. The maximum Gasteiger partial charge on any atom is 0.0972 e. The zero-order valence-corrected chi connectivity index (χ0v) is 4.80. The molecule has 2 nitrogen and oxygen atoms in total. The van der Waals surface area contributed by atoms with Crippen molar-refractivity contribution >= 4 is 5.84 Å². The van der Waals surface area contributed by atoms with Gasteiger partial charge in [-0.15, -0.1) is 0 Å². The Morgan fingerprint density at radius 3 is 2.62 bits per heavy atom. The standard InChI is InChI=1S/C6H10N2/c7-6-5-2-1-4(5)3-8-6/h4-5H,1-3H2,(H2,7,8). The lowest BCUT2D eigenvalue weighted by molar-refractivity contribution is 0.276. The first-order chi connectivity index (χ1) is 3.88. The van der Waals surface area contributed by atoms with Gasteiger partial charge in [-0.2, -0.15) is 0 Å². The molecule has 0 saturated heterocycles. The number of rotatable bonds is 0. The molecule has 0 spiro atoms. The Bertz CT molecular complexity index is 139. The van der Waals surface area contributed by atoms with Gasteiger partial charge in [0, 0.05) is 12.5 Å². The SMILES string of the molecule is NC1=NCC2CCC12. The van der Waals surface area contributed by atoms with Crippen molar-refractivity contribution < 1.29 is 0 Å². The number of nitrogens with two attached hydrogens (primary N) is 1. The number of hydrogen-bond donors (Lipinski definition) is 1. The minimum Gasteiger partial charge on any atom is -0.387 e. The van der Waals surface area contributed by atoms with Gasteiger partial charge in [0.15, 0.2) is 0 Å². The van der Waals surface area contributed by atoms with E-state index >= 15 is 0 Å². The molecule has 2 atom stereocenters. The van der Waals surface area contributed by atoms with Gasteiger partial charge in [0.05, 0.1) is 5.84 Å².